The molecule has 0 aliphatic heterocycles. The lowest BCUT2D eigenvalue weighted by atomic mass is 9.75. The van der Waals surface area contributed by atoms with Gasteiger partial charge in [0.25, 0.3) is 0 Å². The van der Waals surface area contributed by atoms with Crippen LogP contribution in [0.4, 0.5) is 0 Å². The zero-order valence-corrected chi connectivity index (χ0v) is 11.2. The number of Topliss-reactive ketones (excluding diaryl/α,β-unsaturated/α-hetero) is 1. The summed E-state index contributed by atoms with van der Waals surface area (Å²) >= 11 is 0. The third kappa shape index (κ3) is 2.47. The van der Waals surface area contributed by atoms with Crippen LogP contribution in [0.3, 0.4) is 0 Å². The summed E-state index contributed by atoms with van der Waals surface area (Å²) in [5.41, 5.74) is 2.04. The van der Waals surface area contributed by atoms with Gasteiger partial charge in [-0.15, -0.1) is 0 Å². The van der Waals surface area contributed by atoms with Crippen LogP contribution in [-0.4, -0.2) is 26.3 Å². The zero-order chi connectivity index (χ0) is 13.1. The molecular weight excluding hydrogens is 228 g/mol. The zero-order valence-electron chi connectivity index (χ0n) is 11.2. The first-order chi connectivity index (χ1) is 8.67. The molecule has 0 bridgehead atoms. The highest BCUT2D eigenvalue weighted by Gasteiger charge is 2.32. The number of ether oxygens (including phenoxy) is 2. The Morgan fingerprint density at radius 1 is 1.28 bits per heavy atom. The van der Waals surface area contributed by atoms with E-state index >= 15 is 0 Å². The fraction of sp³-hybridized carbons (Fsp3) is 0.533. The maximum atomic E-state index is 12.4. The number of rotatable bonds is 4. The predicted molar refractivity (Wildman–Crippen MR) is 69.7 cm³/mol. The molecule has 0 saturated carbocycles. The molecule has 2 unspecified atom stereocenters. The summed E-state index contributed by atoms with van der Waals surface area (Å²) in [7, 11) is 3.22. The van der Waals surface area contributed by atoms with Gasteiger partial charge in [-0.1, -0.05) is 31.2 Å². The third-order valence-corrected chi connectivity index (χ3v) is 3.77. The van der Waals surface area contributed by atoms with E-state index in [2.05, 4.69) is 13.0 Å². The van der Waals surface area contributed by atoms with Crippen molar-refractivity contribution >= 4 is 5.78 Å². The van der Waals surface area contributed by atoms with E-state index in [1.165, 1.54) is 5.56 Å². The van der Waals surface area contributed by atoms with Crippen LogP contribution >= 0.6 is 0 Å². The van der Waals surface area contributed by atoms with E-state index in [9.17, 15) is 4.79 Å². The van der Waals surface area contributed by atoms with E-state index < -0.39 is 0 Å². The van der Waals surface area contributed by atoms with Crippen LogP contribution in [0.15, 0.2) is 24.3 Å². The van der Waals surface area contributed by atoms with Gasteiger partial charge >= 0.3 is 0 Å². The van der Waals surface area contributed by atoms with Crippen LogP contribution in [0.2, 0.25) is 0 Å². The van der Waals surface area contributed by atoms with Gasteiger partial charge in [0.2, 0.25) is 0 Å². The normalized spacial score (nSPS) is 23.2. The molecule has 0 saturated heterocycles. The van der Waals surface area contributed by atoms with Gasteiger partial charge in [0, 0.05) is 32.1 Å². The third-order valence-electron chi connectivity index (χ3n) is 3.77. The van der Waals surface area contributed by atoms with Crippen molar-refractivity contribution in [2.24, 2.45) is 5.92 Å². The van der Waals surface area contributed by atoms with Crippen molar-refractivity contribution in [3.05, 3.63) is 35.4 Å². The Bertz CT molecular complexity index is 424. The van der Waals surface area contributed by atoms with Crippen LogP contribution in [0, 0.1) is 5.92 Å². The first-order valence-electron chi connectivity index (χ1n) is 6.36. The van der Waals surface area contributed by atoms with Crippen molar-refractivity contribution in [1.29, 1.82) is 0 Å². The molecule has 98 valence electrons. The second-order valence-electron chi connectivity index (χ2n) is 4.92. The van der Waals surface area contributed by atoms with Crippen molar-refractivity contribution in [2.45, 2.75) is 32.0 Å². The number of carbonyl (C=O) groups excluding carboxylic acids is 1. The van der Waals surface area contributed by atoms with Crippen molar-refractivity contribution < 1.29 is 14.3 Å². The molecule has 2 atom stereocenters. The topological polar surface area (TPSA) is 35.5 Å². The van der Waals surface area contributed by atoms with Gasteiger partial charge in [0.1, 0.15) is 0 Å². The van der Waals surface area contributed by atoms with Crippen LogP contribution in [0.5, 0.6) is 0 Å². The molecule has 1 aromatic rings. The SMILES string of the molecule is COC(CC1CC(C)c2ccccc2C1=O)OC. The van der Waals surface area contributed by atoms with Crippen LogP contribution in [0.1, 0.15) is 41.6 Å². The molecule has 0 amide bonds. The van der Waals surface area contributed by atoms with E-state index in [0.29, 0.717) is 12.3 Å². The number of fused-ring (bicyclic) bond motifs is 1. The second kappa shape index (κ2) is 5.63. The maximum absolute atomic E-state index is 12.4. The molecule has 1 aromatic carbocycles. The number of hydrogen-bond donors (Lipinski definition) is 0. The number of carbonyl (C=O) groups is 1. The van der Waals surface area contributed by atoms with Crippen molar-refractivity contribution in [2.75, 3.05) is 14.2 Å². The average molecular weight is 248 g/mol. The maximum Gasteiger partial charge on any atom is 0.166 e. The van der Waals surface area contributed by atoms with Gasteiger partial charge in [-0.05, 0) is 17.9 Å². The lowest BCUT2D eigenvalue weighted by Gasteiger charge is -2.29. The number of ketones is 1. The van der Waals surface area contributed by atoms with Crippen molar-refractivity contribution in [3.63, 3.8) is 0 Å². The largest absolute Gasteiger partial charge is 0.356 e. The quantitative estimate of drug-likeness (QED) is 0.768. The lowest BCUT2D eigenvalue weighted by Crippen LogP contribution is -2.29. The fourth-order valence-corrected chi connectivity index (χ4v) is 2.76. The molecule has 2 rings (SSSR count). The van der Waals surface area contributed by atoms with E-state index in [-0.39, 0.29) is 18.0 Å². The van der Waals surface area contributed by atoms with Gasteiger partial charge < -0.3 is 9.47 Å². The van der Waals surface area contributed by atoms with Gasteiger partial charge in [-0.2, -0.15) is 0 Å². The van der Waals surface area contributed by atoms with E-state index in [4.69, 9.17) is 9.47 Å². The van der Waals surface area contributed by atoms with Gasteiger partial charge in [-0.3, -0.25) is 4.79 Å². The Kier molecular flexibility index (Phi) is 4.15. The Morgan fingerprint density at radius 3 is 2.61 bits per heavy atom. The van der Waals surface area contributed by atoms with Crippen molar-refractivity contribution in [3.8, 4) is 0 Å². The molecule has 0 N–H and O–H groups in total. The molecule has 0 heterocycles. The summed E-state index contributed by atoms with van der Waals surface area (Å²) in [5.74, 6) is 0.640. The molecule has 3 heteroatoms. The summed E-state index contributed by atoms with van der Waals surface area (Å²) in [6, 6.07) is 7.90. The van der Waals surface area contributed by atoms with Crippen LogP contribution in [0.25, 0.3) is 0 Å². The highest BCUT2D eigenvalue weighted by Crippen LogP contribution is 2.36. The highest BCUT2D eigenvalue weighted by atomic mass is 16.7. The van der Waals surface area contributed by atoms with Gasteiger partial charge in [-0.25, -0.2) is 0 Å². The minimum Gasteiger partial charge on any atom is -0.356 e. The summed E-state index contributed by atoms with van der Waals surface area (Å²) < 4.78 is 10.4. The molecule has 0 radical (unpaired) electrons. The average Bonchev–Trinajstić information content (AvgIpc) is 2.41. The molecule has 3 nitrogen and oxygen atoms in total. The van der Waals surface area contributed by atoms with Crippen LogP contribution < -0.4 is 0 Å². The Hall–Kier alpha value is -1.19. The van der Waals surface area contributed by atoms with Gasteiger partial charge in [0.15, 0.2) is 12.1 Å². The van der Waals surface area contributed by atoms with E-state index in [1.54, 1.807) is 14.2 Å². The number of hydrogen-bond acceptors (Lipinski definition) is 3. The summed E-state index contributed by atoms with van der Waals surface area (Å²) in [6.07, 6.45) is 1.21. The molecule has 1 aliphatic carbocycles. The number of methoxy groups -OCH3 is 2. The fourth-order valence-electron chi connectivity index (χ4n) is 2.76. The Morgan fingerprint density at radius 2 is 1.94 bits per heavy atom. The summed E-state index contributed by atoms with van der Waals surface area (Å²) in [4.78, 5) is 12.4. The lowest BCUT2D eigenvalue weighted by molar-refractivity contribution is -0.112. The van der Waals surface area contributed by atoms with Crippen molar-refractivity contribution in [1.82, 2.24) is 0 Å². The smallest absolute Gasteiger partial charge is 0.166 e. The van der Waals surface area contributed by atoms with E-state index in [1.807, 2.05) is 18.2 Å². The first kappa shape index (κ1) is 13.2. The predicted octanol–water partition coefficient (Wildman–Crippen LogP) is 3.00. The van der Waals surface area contributed by atoms with Crippen LogP contribution in [-0.2, 0) is 9.47 Å². The molecule has 0 fully saturated rings. The monoisotopic (exact) mass is 248 g/mol. The number of benzene rings is 1. The summed E-state index contributed by atoms with van der Waals surface area (Å²) in [5, 5.41) is 0. The molecule has 1 aliphatic rings. The highest BCUT2D eigenvalue weighted by molar-refractivity contribution is 6.00. The Labute approximate surface area is 108 Å². The minimum absolute atomic E-state index is 0.000185. The summed E-state index contributed by atoms with van der Waals surface area (Å²) in [6.45, 7) is 2.17. The minimum atomic E-state index is -0.295. The Balaban J connectivity index is 2.20. The molecular formula is C15H20O3. The van der Waals surface area contributed by atoms with E-state index in [0.717, 1.165) is 12.0 Å². The second-order valence-corrected chi connectivity index (χ2v) is 4.92. The first-order valence-corrected chi connectivity index (χ1v) is 6.36. The molecule has 0 aromatic heterocycles. The van der Waals surface area contributed by atoms with Gasteiger partial charge in [0.05, 0.1) is 0 Å². The molecule has 18 heavy (non-hydrogen) atoms. The molecule has 0 spiro atoms. The standard InChI is InChI=1S/C15H20O3/c1-10-8-11(9-14(17-2)18-3)15(16)13-7-5-4-6-12(10)13/h4-7,10-11,14H,8-9H2,1-3H3.